The minimum absolute atomic E-state index is 0.0728. The first-order chi connectivity index (χ1) is 12.4. The van der Waals surface area contributed by atoms with Crippen molar-refractivity contribution >= 4 is 23.3 Å². The topological polar surface area (TPSA) is 86.1 Å². The highest BCUT2D eigenvalue weighted by molar-refractivity contribution is 6.30. The van der Waals surface area contributed by atoms with Gasteiger partial charge in [0.25, 0.3) is 11.5 Å². The summed E-state index contributed by atoms with van der Waals surface area (Å²) in [6.07, 6.45) is 1.36. The molecule has 132 valence electrons. The van der Waals surface area contributed by atoms with Gasteiger partial charge in [0.15, 0.2) is 0 Å². The van der Waals surface area contributed by atoms with E-state index in [0.717, 1.165) is 4.68 Å². The number of pyridine rings is 1. The minimum atomic E-state index is -0.519. The number of carbonyl (C=O) groups is 1. The van der Waals surface area contributed by atoms with Crippen LogP contribution >= 0.6 is 11.6 Å². The fourth-order valence-electron chi connectivity index (χ4n) is 2.04. The molecule has 0 aliphatic heterocycles. The van der Waals surface area contributed by atoms with Crippen molar-refractivity contribution in [3.05, 3.63) is 75.5 Å². The van der Waals surface area contributed by atoms with Gasteiger partial charge in [0.2, 0.25) is 0 Å². The number of aromatic nitrogens is 3. The molecule has 0 atom stereocenters. The smallest absolute Gasteiger partial charge is 0.277 e. The number of aryl methyl sites for hydroxylation is 1. The highest BCUT2D eigenvalue weighted by Gasteiger charge is 2.10. The number of rotatable bonds is 4. The molecule has 0 saturated carbocycles. The number of carbonyl (C=O) groups excluding carboxylic acids is 1. The van der Waals surface area contributed by atoms with E-state index in [-0.39, 0.29) is 27.8 Å². The normalized spacial score (nSPS) is 10.4. The lowest BCUT2D eigenvalue weighted by atomic mass is 10.3. The lowest BCUT2D eigenvalue weighted by molar-refractivity contribution is 0.101. The average molecular weight is 375 g/mol. The van der Waals surface area contributed by atoms with Crippen molar-refractivity contribution in [2.75, 3.05) is 5.32 Å². The summed E-state index contributed by atoms with van der Waals surface area (Å²) in [6.45, 7) is 0. The summed E-state index contributed by atoms with van der Waals surface area (Å²) in [5.74, 6) is -0.212. The number of anilines is 1. The van der Waals surface area contributed by atoms with E-state index in [1.165, 1.54) is 49.6 Å². The second-order valence-corrected chi connectivity index (χ2v) is 5.66. The summed E-state index contributed by atoms with van der Waals surface area (Å²) in [6, 6.07) is 9.45. The number of halogens is 2. The van der Waals surface area contributed by atoms with Crippen molar-refractivity contribution in [3.63, 3.8) is 0 Å². The molecule has 0 aliphatic rings. The first-order valence-corrected chi connectivity index (χ1v) is 7.74. The summed E-state index contributed by atoms with van der Waals surface area (Å²) in [7, 11) is 1.45. The van der Waals surface area contributed by atoms with E-state index in [0.29, 0.717) is 5.75 Å². The Morgan fingerprint density at radius 1 is 1.19 bits per heavy atom. The summed E-state index contributed by atoms with van der Waals surface area (Å²) in [5, 5.41) is 6.61. The van der Waals surface area contributed by atoms with Gasteiger partial charge in [-0.2, -0.15) is 5.10 Å². The molecule has 0 bridgehead atoms. The molecule has 0 saturated heterocycles. The summed E-state index contributed by atoms with van der Waals surface area (Å²) < 4.78 is 19.8. The van der Waals surface area contributed by atoms with Gasteiger partial charge in [-0.25, -0.2) is 14.1 Å². The molecule has 1 N–H and O–H groups in total. The van der Waals surface area contributed by atoms with Crippen LogP contribution in [0.2, 0.25) is 5.02 Å². The van der Waals surface area contributed by atoms with Gasteiger partial charge in [0, 0.05) is 24.2 Å². The Bertz CT molecular complexity index is 1000. The van der Waals surface area contributed by atoms with Crippen molar-refractivity contribution < 1.29 is 13.9 Å². The molecule has 0 radical (unpaired) electrons. The third kappa shape index (κ3) is 4.22. The molecule has 1 aromatic carbocycles. The van der Waals surface area contributed by atoms with Crippen LogP contribution in [0.1, 0.15) is 10.5 Å². The monoisotopic (exact) mass is 374 g/mol. The van der Waals surface area contributed by atoms with Crippen molar-refractivity contribution in [2.24, 2.45) is 7.05 Å². The Kier molecular flexibility index (Phi) is 4.94. The third-order valence-corrected chi connectivity index (χ3v) is 3.46. The van der Waals surface area contributed by atoms with Gasteiger partial charge in [0.1, 0.15) is 28.8 Å². The van der Waals surface area contributed by atoms with E-state index in [1.54, 1.807) is 6.07 Å². The van der Waals surface area contributed by atoms with E-state index < -0.39 is 11.7 Å². The zero-order valence-electron chi connectivity index (χ0n) is 13.4. The Morgan fingerprint density at radius 3 is 2.65 bits per heavy atom. The van der Waals surface area contributed by atoms with E-state index in [2.05, 4.69) is 15.4 Å². The molecule has 3 rings (SSSR count). The zero-order chi connectivity index (χ0) is 18.7. The fraction of sp³-hybridized carbons (Fsp3) is 0.0588. The van der Waals surface area contributed by atoms with Crippen LogP contribution in [0.3, 0.4) is 0 Å². The molecule has 2 aromatic heterocycles. The highest BCUT2D eigenvalue weighted by atomic mass is 35.5. The van der Waals surface area contributed by atoms with Crippen LogP contribution in [0.25, 0.3) is 0 Å². The summed E-state index contributed by atoms with van der Waals surface area (Å²) in [4.78, 5) is 27.4. The first kappa shape index (κ1) is 17.6. The number of hydrogen-bond acceptors (Lipinski definition) is 5. The second kappa shape index (κ2) is 7.32. The van der Waals surface area contributed by atoms with E-state index >= 15 is 0 Å². The predicted octanol–water partition coefficient (Wildman–Crippen LogP) is 3.01. The molecule has 26 heavy (non-hydrogen) atoms. The lowest BCUT2D eigenvalue weighted by Crippen LogP contribution is -2.23. The van der Waals surface area contributed by atoms with Crippen LogP contribution in [-0.4, -0.2) is 20.7 Å². The van der Waals surface area contributed by atoms with Crippen molar-refractivity contribution in [3.8, 4) is 11.5 Å². The Morgan fingerprint density at radius 2 is 2.00 bits per heavy atom. The molecule has 0 spiro atoms. The highest BCUT2D eigenvalue weighted by Crippen LogP contribution is 2.25. The van der Waals surface area contributed by atoms with E-state index in [1.807, 2.05) is 0 Å². The molecular formula is C17H12ClFN4O3. The summed E-state index contributed by atoms with van der Waals surface area (Å²) in [5.41, 5.74) is -0.248. The second-order valence-electron chi connectivity index (χ2n) is 5.22. The Balaban J connectivity index is 1.70. The quantitative estimate of drug-likeness (QED) is 0.758. The number of nitrogens with one attached hydrogen (secondary N) is 1. The Hall–Kier alpha value is -3.26. The first-order valence-electron chi connectivity index (χ1n) is 7.36. The maximum absolute atomic E-state index is 13.3. The van der Waals surface area contributed by atoms with Crippen LogP contribution < -0.4 is 15.6 Å². The van der Waals surface area contributed by atoms with Gasteiger partial charge in [-0.15, -0.1) is 0 Å². The van der Waals surface area contributed by atoms with Crippen LogP contribution in [0.4, 0.5) is 10.2 Å². The number of ether oxygens (including phenoxy) is 1. The molecule has 9 heteroatoms. The molecule has 7 nitrogen and oxygen atoms in total. The Labute approximate surface area is 152 Å². The van der Waals surface area contributed by atoms with Gasteiger partial charge in [-0.3, -0.25) is 9.59 Å². The van der Waals surface area contributed by atoms with Crippen LogP contribution in [0.15, 0.2) is 53.5 Å². The average Bonchev–Trinajstić information content (AvgIpc) is 2.58. The fourth-order valence-corrected chi connectivity index (χ4v) is 2.25. The maximum atomic E-state index is 13.3. The minimum Gasteiger partial charge on any atom is -0.456 e. The molecule has 3 aromatic rings. The van der Waals surface area contributed by atoms with Gasteiger partial charge in [-0.1, -0.05) is 11.6 Å². The van der Waals surface area contributed by atoms with Crippen LogP contribution in [0.5, 0.6) is 11.5 Å². The van der Waals surface area contributed by atoms with Crippen molar-refractivity contribution in [1.29, 1.82) is 0 Å². The van der Waals surface area contributed by atoms with Gasteiger partial charge in [0.05, 0.1) is 6.20 Å². The molecule has 0 aliphatic carbocycles. The predicted molar refractivity (Wildman–Crippen MR) is 93.2 cm³/mol. The summed E-state index contributed by atoms with van der Waals surface area (Å²) >= 11 is 5.77. The number of hydrogen-bond donors (Lipinski definition) is 1. The molecular weight excluding hydrogens is 363 g/mol. The van der Waals surface area contributed by atoms with Gasteiger partial charge < -0.3 is 10.1 Å². The zero-order valence-corrected chi connectivity index (χ0v) is 14.2. The molecule has 2 heterocycles. The SMILES string of the molecule is Cn1nc(C(=O)Nc2ccc(Oc3cc(F)cc(Cl)c3)cn2)ccc1=O. The van der Waals surface area contributed by atoms with Crippen LogP contribution in [0, 0.1) is 5.82 Å². The molecule has 0 fully saturated rings. The van der Waals surface area contributed by atoms with Gasteiger partial charge in [-0.05, 0) is 30.3 Å². The van der Waals surface area contributed by atoms with E-state index in [4.69, 9.17) is 16.3 Å². The maximum Gasteiger partial charge on any atom is 0.277 e. The lowest BCUT2D eigenvalue weighted by Gasteiger charge is -2.08. The molecule has 0 unspecified atom stereocenters. The van der Waals surface area contributed by atoms with Gasteiger partial charge >= 0.3 is 0 Å². The van der Waals surface area contributed by atoms with E-state index in [9.17, 15) is 14.0 Å². The number of amides is 1. The number of benzene rings is 1. The standard InChI is InChI=1S/C17H12ClFN4O3/c1-23-16(24)5-3-14(22-23)17(25)21-15-4-2-12(9-20-15)26-13-7-10(18)6-11(19)8-13/h2-9H,1H3,(H,20,21,25). The molecule has 1 amide bonds. The van der Waals surface area contributed by atoms with Crippen molar-refractivity contribution in [1.82, 2.24) is 14.8 Å². The largest absolute Gasteiger partial charge is 0.456 e. The van der Waals surface area contributed by atoms with Crippen LogP contribution in [-0.2, 0) is 7.05 Å². The number of nitrogens with zero attached hydrogens (tertiary/aromatic N) is 3. The van der Waals surface area contributed by atoms with Crippen molar-refractivity contribution in [2.45, 2.75) is 0 Å². The third-order valence-electron chi connectivity index (χ3n) is 3.24.